The van der Waals surface area contributed by atoms with E-state index in [2.05, 4.69) is 14.3 Å². The van der Waals surface area contributed by atoms with Gasteiger partial charge in [0.2, 0.25) is 0 Å². The average Bonchev–Trinajstić information content (AvgIpc) is 2.84. The first-order chi connectivity index (χ1) is 9.66. The van der Waals surface area contributed by atoms with Gasteiger partial charge >= 0.3 is 5.97 Å². The van der Waals surface area contributed by atoms with E-state index in [0.29, 0.717) is 6.54 Å². The fourth-order valence-electron chi connectivity index (χ4n) is 2.99. The first-order valence-electron chi connectivity index (χ1n) is 7.05. The van der Waals surface area contributed by atoms with Crippen molar-refractivity contribution < 1.29 is 9.90 Å². The lowest BCUT2D eigenvalue weighted by Crippen LogP contribution is -2.44. The normalized spacial score (nSPS) is 20.4. The van der Waals surface area contributed by atoms with Crippen LogP contribution in [0.2, 0.25) is 0 Å². The van der Waals surface area contributed by atoms with Gasteiger partial charge < -0.3 is 9.51 Å². The summed E-state index contributed by atoms with van der Waals surface area (Å²) in [4.78, 5) is 17.8. The summed E-state index contributed by atoms with van der Waals surface area (Å²) in [5.41, 5.74) is 3.13. The van der Waals surface area contributed by atoms with Gasteiger partial charge in [-0.3, -0.25) is 9.69 Å². The number of nitrogens with zero attached hydrogens (tertiary/aromatic N) is 3. The maximum Gasteiger partial charge on any atom is 0.320 e. The number of aromatic nitrogens is 2. The summed E-state index contributed by atoms with van der Waals surface area (Å²) in [5, 5.41) is 9.33. The van der Waals surface area contributed by atoms with Gasteiger partial charge in [-0.2, -0.15) is 0 Å². The zero-order valence-electron chi connectivity index (χ0n) is 11.6. The van der Waals surface area contributed by atoms with Crippen LogP contribution >= 0.6 is 0 Å². The van der Waals surface area contributed by atoms with Gasteiger partial charge in [-0.25, -0.2) is 4.98 Å². The molecule has 1 aliphatic rings. The van der Waals surface area contributed by atoms with Crippen molar-refractivity contribution in [2.24, 2.45) is 0 Å². The van der Waals surface area contributed by atoms with E-state index in [1.165, 1.54) is 0 Å². The number of aryl methyl sites for hydroxylation is 1. The van der Waals surface area contributed by atoms with Gasteiger partial charge in [-0.15, -0.1) is 0 Å². The third-order valence-electron chi connectivity index (χ3n) is 4.07. The lowest BCUT2D eigenvalue weighted by molar-refractivity contribution is -0.144. The summed E-state index contributed by atoms with van der Waals surface area (Å²) in [6.45, 7) is 3.52. The third kappa shape index (κ3) is 2.29. The number of likely N-dealkylation sites (tertiary alicyclic amines) is 1. The van der Waals surface area contributed by atoms with E-state index in [9.17, 15) is 9.90 Å². The minimum absolute atomic E-state index is 0.362. The highest BCUT2D eigenvalue weighted by atomic mass is 16.4. The van der Waals surface area contributed by atoms with Crippen molar-refractivity contribution in [1.29, 1.82) is 0 Å². The van der Waals surface area contributed by atoms with Gasteiger partial charge in [0.15, 0.2) is 0 Å². The van der Waals surface area contributed by atoms with Crippen LogP contribution in [0, 0.1) is 6.92 Å². The molecule has 5 heteroatoms. The fourth-order valence-corrected chi connectivity index (χ4v) is 2.99. The molecule has 1 aliphatic heterocycles. The van der Waals surface area contributed by atoms with Crippen molar-refractivity contribution in [3.63, 3.8) is 0 Å². The van der Waals surface area contributed by atoms with Crippen LogP contribution in [-0.4, -0.2) is 37.9 Å². The molecule has 3 rings (SSSR count). The smallest absolute Gasteiger partial charge is 0.320 e. The Labute approximate surface area is 117 Å². The first-order valence-corrected chi connectivity index (χ1v) is 7.05. The molecule has 1 saturated heterocycles. The van der Waals surface area contributed by atoms with Crippen molar-refractivity contribution in [1.82, 2.24) is 14.3 Å². The van der Waals surface area contributed by atoms with Crippen molar-refractivity contribution in [3.05, 3.63) is 35.8 Å². The molecule has 1 N–H and O–H groups in total. The lowest BCUT2D eigenvalue weighted by atomic mass is 10.0. The average molecular weight is 273 g/mol. The van der Waals surface area contributed by atoms with Crippen LogP contribution in [-0.2, 0) is 11.3 Å². The zero-order valence-corrected chi connectivity index (χ0v) is 11.6. The quantitative estimate of drug-likeness (QED) is 0.930. The molecule has 106 valence electrons. The van der Waals surface area contributed by atoms with Crippen LogP contribution in [0.3, 0.4) is 0 Å². The molecule has 0 radical (unpaired) electrons. The van der Waals surface area contributed by atoms with Gasteiger partial charge in [0.05, 0.1) is 11.9 Å². The van der Waals surface area contributed by atoms with E-state index in [0.717, 1.165) is 42.7 Å². The molecule has 3 heterocycles. The lowest BCUT2D eigenvalue weighted by Gasteiger charge is -2.32. The Kier molecular flexibility index (Phi) is 3.44. The number of carbonyl (C=O) groups is 1. The summed E-state index contributed by atoms with van der Waals surface area (Å²) in [6.07, 6.45) is 6.66. The highest BCUT2D eigenvalue weighted by molar-refractivity contribution is 5.73. The highest BCUT2D eigenvalue weighted by Crippen LogP contribution is 2.21. The van der Waals surface area contributed by atoms with Gasteiger partial charge in [-0.1, -0.05) is 12.5 Å². The Bertz CT molecular complexity index is 635. The van der Waals surface area contributed by atoms with Crippen molar-refractivity contribution >= 4 is 11.6 Å². The van der Waals surface area contributed by atoms with Gasteiger partial charge in [-0.05, 0) is 37.9 Å². The minimum atomic E-state index is -0.713. The van der Waals surface area contributed by atoms with E-state index in [4.69, 9.17) is 0 Å². The Balaban J connectivity index is 1.88. The number of pyridine rings is 1. The highest BCUT2D eigenvalue weighted by Gasteiger charge is 2.28. The van der Waals surface area contributed by atoms with E-state index in [1.807, 2.05) is 31.5 Å². The van der Waals surface area contributed by atoms with Gasteiger partial charge in [0, 0.05) is 12.7 Å². The molecule has 0 saturated carbocycles. The molecule has 2 aromatic rings. The fraction of sp³-hybridized carbons (Fsp3) is 0.467. The third-order valence-corrected chi connectivity index (χ3v) is 4.07. The monoisotopic (exact) mass is 273 g/mol. The van der Waals surface area contributed by atoms with Gasteiger partial charge in [0.25, 0.3) is 0 Å². The number of imidazole rings is 1. The molecule has 2 aromatic heterocycles. The second-order valence-electron chi connectivity index (χ2n) is 5.45. The van der Waals surface area contributed by atoms with E-state index < -0.39 is 5.97 Å². The Morgan fingerprint density at radius 3 is 3.15 bits per heavy atom. The predicted molar refractivity (Wildman–Crippen MR) is 75.6 cm³/mol. The second-order valence-corrected chi connectivity index (χ2v) is 5.45. The Morgan fingerprint density at radius 1 is 1.50 bits per heavy atom. The Morgan fingerprint density at radius 2 is 2.35 bits per heavy atom. The summed E-state index contributed by atoms with van der Waals surface area (Å²) in [5.74, 6) is -0.713. The summed E-state index contributed by atoms with van der Waals surface area (Å²) < 4.78 is 2.06. The molecule has 1 atom stereocenters. The number of hydrogen-bond donors (Lipinski definition) is 1. The molecule has 0 bridgehead atoms. The number of carboxylic acid groups (broad SMARTS) is 1. The first kappa shape index (κ1) is 13.1. The molecule has 0 spiro atoms. The second kappa shape index (κ2) is 5.25. The van der Waals surface area contributed by atoms with Crippen molar-refractivity contribution in [2.45, 2.75) is 38.8 Å². The van der Waals surface area contributed by atoms with E-state index in [-0.39, 0.29) is 6.04 Å². The van der Waals surface area contributed by atoms with Crippen LogP contribution in [0.4, 0.5) is 0 Å². The summed E-state index contributed by atoms with van der Waals surface area (Å²) in [6, 6.07) is 3.67. The number of aliphatic carboxylic acids is 1. The predicted octanol–water partition coefficient (Wildman–Crippen LogP) is 2.08. The largest absolute Gasteiger partial charge is 0.480 e. The maximum absolute atomic E-state index is 11.3. The van der Waals surface area contributed by atoms with E-state index >= 15 is 0 Å². The number of fused-ring (bicyclic) bond motifs is 1. The molecule has 0 aliphatic carbocycles. The van der Waals surface area contributed by atoms with Crippen LogP contribution in [0.5, 0.6) is 0 Å². The Hall–Kier alpha value is -1.88. The molecule has 20 heavy (non-hydrogen) atoms. The standard InChI is InChI=1S/C15H19N3O2/c1-11-5-4-8-18-12(9-16-14(11)18)10-17-7-3-2-6-13(17)15(19)20/h4-5,8-9,13H,2-3,6-7,10H2,1H3,(H,19,20). The number of hydrogen-bond acceptors (Lipinski definition) is 3. The minimum Gasteiger partial charge on any atom is -0.480 e. The number of piperidine rings is 1. The summed E-state index contributed by atoms with van der Waals surface area (Å²) in [7, 11) is 0. The SMILES string of the molecule is Cc1cccn2c(CN3CCCCC3C(=O)O)cnc12. The van der Waals surface area contributed by atoms with Crippen molar-refractivity contribution in [3.8, 4) is 0 Å². The summed E-state index contributed by atoms with van der Waals surface area (Å²) >= 11 is 0. The molecular weight excluding hydrogens is 254 g/mol. The molecule has 0 amide bonds. The van der Waals surface area contributed by atoms with Crippen LogP contribution in [0.25, 0.3) is 5.65 Å². The van der Waals surface area contributed by atoms with Crippen LogP contribution < -0.4 is 0 Å². The zero-order chi connectivity index (χ0) is 14.1. The molecule has 1 unspecified atom stereocenters. The molecule has 0 aromatic carbocycles. The topological polar surface area (TPSA) is 57.8 Å². The maximum atomic E-state index is 11.3. The van der Waals surface area contributed by atoms with E-state index in [1.54, 1.807) is 0 Å². The van der Waals surface area contributed by atoms with Crippen molar-refractivity contribution in [2.75, 3.05) is 6.54 Å². The number of carboxylic acids is 1. The van der Waals surface area contributed by atoms with Gasteiger partial charge in [0.1, 0.15) is 11.7 Å². The number of rotatable bonds is 3. The van der Waals surface area contributed by atoms with Crippen LogP contribution in [0.1, 0.15) is 30.5 Å². The molecule has 5 nitrogen and oxygen atoms in total. The van der Waals surface area contributed by atoms with Crippen LogP contribution in [0.15, 0.2) is 24.5 Å². The molecular formula is C15H19N3O2. The molecule has 1 fully saturated rings.